The number of aromatic nitrogens is 2. The molecule has 1 fully saturated rings. The Labute approximate surface area is 164 Å². The first-order valence-electron chi connectivity index (χ1n) is 8.94. The van der Waals surface area contributed by atoms with Gasteiger partial charge in [0.05, 0.1) is 42.5 Å². The summed E-state index contributed by atoms with van der Waals surface area (Å²) in [7, 11) is -3.41. The average Bonchev–Trinajstić information content (AvgIpc) is 3.20. The summed E-state index contributed by atoms with van der Waals surface area (Å²) in [4.78, 5) is 14.1. The van der Waals surface area contributed by atoms with E-state index in [1.54, 1.807) is 11.6 Å². The van der Waals surface area contributed by atoms with Crippen molar-refractivity contribution in [3.05, 3.63) is 41.5 Å². The van der Waals surface area contributed by atoms with Crippen LogP contribution in [-0.2, 0) is 23.1 Å². The Balaban J connectivity index is 1.58. The third kappa shape index (κ3) is 3.41. The lowest BCUT2D eigenvalue weighted by Gasteiger charge is -2.35. The van der Waals surface area contributed by atoms with E-state index < -0.39 is 33.5 Å². The van der Waals surface area contributed by atoms with Gasteiger partial charge in [-0.05, 0) is 13.3 Å². The molecule has 29 heavy (non-hydrogen) atoms. The Bertz CT molecular complexity index is 1060. The molecule has 3 heterocycles. The van der Waals surface area contributed by atoms with E-state index in [0.29, 0.717) is 43.0 Å². The van der Waals surface area contributed by atoms with Gasteiger partial charge in [-0.2, -0.15) is 5.10 Å². The number of nitrogens with zero attached hydrogens (tertiary/aromatic N) is 4. The van der Waals surface area contributed by atoms with Crippen LogP contribution in [0.2, 0.25) is 0 Å². The molecular formula is C17H18F3N5O3S. The molecule has 2 amide bonds. The van der Waals surface area contributed by atoms with Gasteiger partial charge in [0.2, 0.25) is 10.0 Å². The first-order chi connectivity index (χ1) is 13.7. The Morgan fingerprint density at radius 3 is 2.55 bits per heavy atom. The number of anilines is 2. The number of hydrogen-bond acceptors (Lipinski definition) is 4. The molecule has 0 radical (unpaired) electrons. The number of carbonyl (C=O) groups excluding carboxylic acids is 1. The normalized spacial score (nSPS) is 20.6. The van der Waals surface area contributed by atoms with Crippen LogP contribution < -0.4 is 9.62 Å². The molecule has 0 spiro atoms. The van der Waals surface area contributed by atoms with Gasteiger partial charge < -0.3 is 10.2 Å². The molecule has 1 atom stereocenters. The monoisotopic (exact) mass is 429 g/mol. The van der Waals surface area contributed by atoms with E-state index in [0.717, 1.165) is 0 Å². The Hall–Kier alpha value is -2.76. The van der Waals surface area contributed by atoms with Crippen LogP contribution >= 0.6 is 0 Å². The summed E-state index contributed by atoms with van der Waals surface area (Å²) in [6, 6.07) is 0.417. The summed E-state index contributed by atoms with van der Waals surface area (Å²) in [6.45, 7) is 2.49. The highest BCUT2D eigenvalue weighted by Crippen LogP contribution is 2.31. The molecule has 1 saturated heterocycles. The number of nitrogens with one attached hydrogen (secondary N) is 1. The zero-order chi connectivity index (χ0) is 20.9. The molecule has 2 aromatic rings. The summed E-state index contributed by atoms with van der Waals surface area (Å²) in [5.74, 6) is -4.38. The number of hydrogen-bond donors (Lipinski definition) is 1. The van der Waals surface area contributed by atoms with Crippen LogP contribution in [0.25, 0.3) is 0 Å². The predicted molar refractivity (Wildman–Crippen MR) is 98.3 cm³/mol. The Morgan fingerprint density at radius 1 is 1.24 bits per heavy atom. The van der Waals surface area contributed by atoms with Gasteiger partial charge in [-0.25, -0.2) is 26.4 Å². The molecule has 4 rings (SSSR count). The average molecular weight is 429 g/mol. The lowest BCUT2D eigenvalue weighted by atomic mass is 10.2. The van der Waals surface area contributed by atoms with E-state index in [4.69, 9.17) is 0 Å². The number of rotatable bonds is 2. The number of carbonyl (C=O) groups is 1. The second-order valence-corrected chi connectivity index (χ2v) is 9.07. The van der Waals surface area contributed by atoms with E-state index in [2.05, 4.69) is 10.4 Å². The van der Waals surface area contributed by atoms with Crippen molar-refractivity contribution < 1.29 is 26.4 Å². The highest BCUT2D eigenvalue weighted by Gasteiger charge is 2.36. The summed E-state index contributed by atoms with van der Waals surface area (Å²) >= 11 is 0. The Morgan fingerprint density at radius 2 is 1.93 bits per heavy atom. The number of sulfonamides is 1. The van der Waals surface area contributed by atoms with E-state index in [1.807, 2.05) is 0 Å². The second kappa shape index (κ2) is 6.94. The highest BCUT2D eigenvalue weighted by atomic mass is 32.2. The molecule has 12 heteroatoms. The third-order valence-corrected chi connectivity index (χ3v) is 6.94. The summed E-state index contributed by atoms with van der Waals surface area (Å²) in [5.41, 5.74) is 0.756. The number of benzene rings is 1. The van der Waals surface area contributed by atoms with Crippen molar-refractivity contribution in [2.24, 2.45) is 0 Å². The van der Waals surface area contributed by atoms with Gasteiger partial charge in [0, 0.05) is 24.4 Å². The predicted octanol–water partition coefficient (Wildman–Crippen LogP) is 2.28. The van der Waals surface area contributed by atoms with Gasteiger partial charge in [-0.3, -0.25) is 8.99 Å². The van der Waals surface area contributed by atoms with Crippen LogP contribution in [0, 0.1) is 17.5 Å². The molecule has 8 nitrogen and oxygen atoms in total. The maximum absolute atomic E-state index is 13.4. The van der Waals surface area contributed by atoms with Gasteiger partial charge in [0.15, 0.2) is 17.5 Å². The van der Waals surface area contributed by atoms with Gasteiger partial charge >= 0.3 is 6.03 Å². The van der Waals surface area contributed by atoms with Crippen LogP contribution in [0.4, 0.5) is 29.3 Å². The van der Waals surface area contributed by atoms with Crippen molar-refractivity contribution in [2.45, 2.75) is 32.5 Å². The first-order valence-corrected chi connectivity index (χ1v) is 10.6. The zero-order valence-corrected chi connectivity index (χ0v) is 16.2. The number of halogens is 3. The van der Waals surface area contributed by atoms with E-state index in [9.17, 15) is 26.4 Å². The van der Waals surface area contributed by atoms with Crippen LogP contribution in [-0.4, -0.2) is 47.5 Å². The minimum Gasteiger partial charge on any atom is -0.314 e. The van der Waals surface area contributed by atoms with Gasteiger partial charge in [-0.15, -0.1) is 0 Å². The zero-order valence-electron chi connectivity index (χ0n) is 15.4. The topological polar surface area (TPSA) is 87.5 Å². The van der Waals surface area contributed by atoms with Crippen molar-refractivity contribution in [3.63, 3.8) is 0 Å². The third-order valence-electron chi connectivity index (χ3n) is 5.08. The fraction of sp³-hybridized carbons (Fsp3) is 0.412. The fourth-order valence-corrected chi connectivity index (χ4v) is 5.17. The van der Waals surface area contributed by atoms with Crippen LogP contribution in [0.3, 0.4) is 0 Å². The lowest BCUT2D eigenvalue weighted by molar-refractivity contribution is 0.161. The van der Waals surface area contributed by atoms with Gasteiger partial charge in [0.25, 0.3) is 0 Å². The van der Waals surface area contributed by atoms with Crippen molar-refractivity contribution in [1.29, 1.82) is 0 Å². The number of urea groups is 1. The van der Waals surface area contributed by atoms with Gasteiger partial charge in [0.1, 0.15) is 0 Å². The SMILES string of the molecule is C[C@H]1Cn2ncc(N3CCCS3(=O)=O)c2CN1C(=O)Nc1cc(F)c(F)c(F)c1. The van der Waals surface area contributed by atoms with Crippen LogP contribution in [0.15, 0.2) is 18.3 Å². The first kappa shape index (κ1) is 19.6. The molecule has 156 valence electrons. The van der Waals surface area contributed by atoms with Crippen molar-refractivity contribution in [3.8, 4) is 0 Å². The summed E-state index contributed by atoms with van der Waals surface area (Å²) in [6.07, 6.45) is 1.98. The standard InChI is InChI=1S/C17H18F3N5O3S/c1-10-8-24-15(14(7-21-24)25-3-2-4-29(25,27)28)9-23(10)17(26)22-11-5-12(18)16(20)13(19)6-11/h5-7,10H,2-4,8-9H2,1H3,(H,22,26)/t10-/m0/s1. The largest absolute Gasteiger partial charge is 0.322 e. The molecule has 0 bridgehead atoms. The molecule has 0 unspecified atom stereocenters. The molecule has 2 aliphatic heterocycles. The lowest BCUT2D eigenvalue weighted by Crippen LogP contribution is -2.47. The van der Waals surface area contributed by atoms with Crippen LogP contribution in [0.5, 0.6) is 0 Å². The maximum atomic E-state index is 13.4. The summed E-state index contributed by atoms with van der Waals surface area (Å²) < 4.78 is 67.4. The molecule has 0 saturated carbocycles. The fourth-order valence-electron chi connectivity index (χ4n) is 3.60. The molecule has 2 aliphatic rings. The molecule has 1 aromatic carbocycles. The van der Waals surface area contributed by atoms with E-state index >= 15 is 0 Å². The highest BCUT2D eigenvalue weighted by molar-refractivity contribution is 7.93. The van der Waals surface area contributed by atoms with Crippen LogP contribution in [0.1, 0.15) is 19.0 Å². The number of amides is 2. The second-order valence-electron chi connectivity index (χ2n) is 7.06. The Kier molecular flexibility index (Phi) is 4.68. The molecule has 0 aliphatic carbocycles. The van der Waals surface area contributed by atoms with Crippen molar-refractivity contribution in [1.82, 2.24) is 14.7 Å². The van der Waals surface area contributed by atoms with Gasteiger partial charge in [-0.1, -0.05) is 0 Å². The number of fused-ring (bicyclic) bond motifs is 1. The van der Waals surface area contributed by atoms with E-state index in [-0.39, 0.29) is 24.0 Å². The minimum atomic E-state index is -3.41. The van der Waals surface area contributed by atoms with E-state index in [1.165, 1.54) is 15.4 Å². The van der Waals surface area contributed by atoms with Crippen molar-refractivity contribution >= 4 is 27.4 Å². The smallest absolute Gasteiger partial charge is 0.314 e. The van der Waals surface area contributed by atoms with Crippen molar-refractivity contribution in [2.75, 3.05) is 21.9 Å². The maximum Gasteiger partial charge on any atom is 0.322 e. The minimum absolute atomic E-state index is 0.0555. The molecular weight excluding hydrogens is 411 g/mol. The summed E-state index contributed by atoms with van der Waals surface area (Å²) in [5, 5.41) is 6.60. The molecule has 1 aromatic heterocycles. The molecule has 1 N–H and O–H groups in total. The quantitative estimate of drug-likeness (QED) is 0.742.